The number of rotatable bonds is 7. The van der Waals surface area contributed by atoms with Crippen molar-refractivity contribution in [2.75, 3.05) is 5.32 Å². The first-order valence-electron chi connectivity index (χ1n) is 8.29. The maximum absolute atomic E-state index is 12.5. The van der Waals surface area contributed by atoms with Crippen molar-refractivity contribution in [2.24, 2.45) is 11.7 Å². The molecule has 0 aliphatic carbocycles. The van der Waals surface area contributed by atoms with Crippen LogP contribution >= 0.6 is 0 Å². The summed E-state index contributed by atoms with van der Waals surface area (Å²) in [4.78, 5) is 12.5. The second kappa shape index (κ2) is 8.62. The summed E-state index contributed by atoms with van der Waals surface area (Å²) in [7, 11) is 0. The summed E-state index contributed by atoms with van der Waals surface area (Å²) in [6, 6.07) is 17.0. The number of carbonyl (C=O) groups excluding carboxylic acids is 1. The second-order valence-corrected chi connectivity index (χ2v) is 6.27. The Morgan fingerprint density at radius 2 is 1.79 bits per heavy atom. The summed E-state index contributed by atoms with van der Waals surface area (Å²) < 4.78 is 5.60. The molecular formula is C20H26N2O2. The summed E-state index contributed by atoms with van der Waals surface area (Å²) in [5.41, 5.74) is 8.97. The predicted octanol–water partition coefficient (Wildman–Crippen LogP) is 3.89. The lowest BCUT2D eigenvalue weighted by Crippen LogP contribution is -2.30. The minimum atomic E-state index is -0.335. The molecule has 128 valence electrons. The Morgan fingerprint density at radius 3 is 2.46 bits per heavy atom. The van der Waals surface area contributed by atoms with Crippen molar-refractivity contribution in [3.05, 3.63) is 65.7 Å². The highest BCUT2D eigenvalue weighted by Gasteiger charge is 2.22. The highest BCUT2D eigenvalue weighted by molar-refractivity contribution is 5.92. The molecule has 4 heteroatoms. The lowest BCUT2D eigenvalue weighted by atomic mass is 9.94. The molecule has 2 atom stereocenters. The van der Waals surface area contributed by atoms with Gasteiger partial charge in [0.1, 0.15) is 0 Å². The Hall–Kier alpha value is -2.17. The van der Waals surface area contributed by atoms with Gasteiger partial charge in [0.2, 0.25) is 5.91 Å². The Bertz CT molecular complexity index is 656. The third-order valence-corrected chi connectivity index (χ3v) is 3.91. The van der Waals surface area contributed by atoms with Gasteiger partial charge in [0, 0.05) is 11.7 Å². The van der Waals surface area contributed by atoms with Crippen molar-refractivity contribution < 1.29 is 9.53 Å². The van der Waals surface area contributed by atoms with Gasteiger partial charge in [-0.05, 0) is 37.1 Å². The largest absolute Gasteiger partial charge is 0.374 e. The second-order valence-electron chi connectivity index (χ2n) is 6.27. The number of ether oxygens (including phenoxy) is 1. The number of hydrogen-bond acceptors (Lipinski definition) is 3. The average Bonchev–Trinajstić information content (AvgIpc) is 2.59. The smallest absolute Gasteiger partial charge is 0.229 e. The zero-order valence-electron chi connectivity index (χ0n) is 14.5. The fraction of sp³-hybridized carbons (Fsp3) is 0.350. The third-order valence-electron chi connectivity index (χ3n) is 3.91. The standard InChI is InChI=1S/C20H26N2O2/c1-14(2)24-13-16-8-7-11-18(12-16)22-20(23)15(3)19(21)17-9-5-4-6-10-17/h4-12,14-15,19H,13,21H2,1-3H3,(H,22,23). The van der Waals surface area contributed by atoms with Gasteiger partial charge in [-0.25, -0.2) is 0 Å². The van der Waals surface area contributed by atoms with Crippen molar-refractivity contribution in [1.29, 1.82) is 0 Å². The fourth-order valence-corrected chi connectivity index (χ4v) is 2.38. The summed E-state index contributed by atoms with van der Waals surface area (Å²) >= 11 is 0. The molecule has 0 saturated heterocycles. The van der Waals surface area contributed by atoms with Crippen LogP contribution in [0.1, 0.15) is 37.9 Å². The lowest BCUT2D eigenvalue weighted by molar-refractivity contribution is -0.120. The number of nitrogens with one attached hydrogen (secondary N) is 1. The van der Waals surface area contributed by atoms with Crippen LogP contribution in [-0.2, 0) is 16.1 Å². The van der Waals surface area contributed by atoms with E-state index in [4.69, 9.17) is 10.5 Å². The van der Waals surface area contributed by atoms with E-state index in [1.807, 2.05) is 75.4 Å². The molecule has 3 N–H and O–H groups in total. The van der Waals surface area contributed by atoms with Crippen LogP contribution < -0.4 is 11.1 Å². The molecule has 0 aromatic heterocycles. The molecule has 4 nitrogen and oxygen atoms in total. The topological polar surface area (TPSA) is 64.3 Å². The van der Waals surface area contributed by atoms with Gasteiger partial charge in [0.05, 0.1) is 18.6 Å². The van der Waals surface area contributed by atoms with E-state index in [9.17, 15) is 4.79 Å². The SMILES string of the molecule is CC(C)OCc1cccc(NC(=O)C(C)C(N)c2ccccc2)c1. The Kier molecular flexibility index (Phi) is 6.53. The molecule has 0 radical (unpaired) electrons. The van der Waals surface area contributed by atoms with E-state index in [2.05, 4.69) is 5.32 Å². The molecule has 0 saturated carbocycles. The zero-order valence-corrected chi connectivity index (χ0v) is 14.5. The van der Waals surface area contributed by atoms with Crippen molar-refractivity contribution in [3.63, 3.8) is 0 Å². The van der Waals surface area contributed by atoms with Gasteiger partial charge >= 0.3 is 0 Å². The molecule has 0 heterocycles. The molecular weight excluding hydrogens is 300 g/mol. The number of anilines is 1. The van der Waals surface area contributed by atoms with Crippen molar-refractivity contribution in [2.45, 2.75) is 39.5 Å². The third kappa shape index (κ3) is 5.18. The number of benzene rings is 2. The fourth-order valence-electron chi connectivity index (χ4n) is 2.38. The highest BCUT2D eigenvalue weighted by atomic mass is 16.5. The van der Waals surface area contributed by atoms with Gasteiger partial charge in [-0.2, -0.15) is 0 Å². The Morgan fingerprint density at radius 1 is 1.08 bits per heavy atom. The van der Waals surface area contributed by atoms with Crippen LogP contribution in [0.5, 0.6) is 0 Å². The van der Waals surface area contributed by atoms with Gasteiger partial charge in [-0.15, -0.1) is 0 Å². The van der Waals surface area contributed by atoms with E-state index < -0.39 is 0 Å². The molecule has 0 spiro atoms. The van der Waals surface area contributed by atoms with E-state index in [0.717, 1.165) is 16.8 Å². The minimum absolute atomic E-state index is 0.0896. The van der Waals surface area contributed by atoms with E-state index in [1.54, 1.807) is 0 Å². The molecule has 2 unspecified atom stereocenters. The van der Waals surface area contributed by atoms with Crippen LogP contribution in [0, 0.1) is 5.92 Å². The summed E-state index contributed by atoms with van der Waals surface area (Å²) in [6.07, 6.45) is 0.173. The van der Waals surface area contributed by atoms with Gasteiger partial charge in [0.25, 0.3) is 0 Å². The molecule has 2 aromatic rings. The highest BCUT2D eigenvalue weighted by Crippen LogP contribution is 2.21. The van der Waals surface area contributed by atoms with E-state index in [0.29, 0.717) is 6.61 Å². The lowest BCUT2D eigenvalue weighted by Gasteiger charge is -2.20. The van der Waals surface area contributed by atoms with Crippen LogP contribution in [0.2, 0.25) is 0 Å². The normalized spacial score (nSPS) is 13.5. The molecule has 24 heavy (non-hydrogen) atoms. The first-order chi connectivity index (χ1) is 11.5. The predicted molar refractivity (Wildman–Crippen MR) is 97.5 cm³/mol. The quantitative estimate of drug-likeness (QED) is 0.811. The maximum atomic E-state index is 12.5. The van der Waals surface area contributed by atoms with Gasteiger partial charge in [-0.1, -0.05) is 49.4 Å². The molecule has 2 rings (SSSR count). The zero-order chi connectivity index (χ0) is 17.5. The molecule has 0 aliphatic rings. The Balaban J connectivity index is 1.99. The average molecular weight is 326 g/mol. The molecule has 0 aliphatic heterocycles. The molecule has 0 fully saturated rings. The summed E-state index contributed by atoms with van der Waals surface area (Å²) in [5, 5.41) is 2.95. The van der Waals surface area contributed by atoms with Crippen LogP contribution in [0.25, 0.3) is 0 Å². The monoisotopic (exact) mass is 326 g/mol. The molecule has 2 aromatic carbocycles. The number of nitrogens with two attached hydrogens (primary N) is 1. The van der Waals surface area contributed by atoms with Crippen molar-refractivity contribution in [1.82, 2.24) is 0 Å². The Labute approximate surface area is 144 Å². The van der Waals surface area contributed by atoms with Crippen LogP contribution in [-0.4, -0.2) is 12.0 Å². The molecule has 0 bridgehead atoms. The van der Waals surface area contributed by atoms with E-state index in [-0.39, 0.29) is 24.0 Å². The number of hydrogen-bond donors (Lipinski definition) is 2. The summed E-state index contributed by atoms with van der Waals surface area (Å²) in [5.74, 6) is -0.420. The molecule has 1 amide bonds. The maximum Gasteiger partial charge on any atom is 0.229 e. The summed E-state index contributed by atoms with van der Waals surface area (Å²) in [6.45, 7) is 6.37. The van der Waals surface area contributed by atoms with Crippen molar-refractivity contribution in [3.8, 4) is 0 Å². The minimum Gasteiger partial charge on any atom is -0.374 e. The van der Waals surface area contributed by atoms with E-state index in [1.165, 1.54) is 0 Å². The van der Waals surface area contributed by atoms with Gasteiger partial charge in [0.15, 0.2) is 0 Å². The van der Waals surface area contributed by atoms with Crippen LogP contribution in [0.15, 0.2) is 54.6 Å². The van der Waals surface area contributed by atoms with Gasteiger partial charge in [-0.3, -0.25) is 4.79 Å². The van der Waals surface area contributed by atoms with Gasteiger partial charge < -0.3 is 15.8 Å². The number of carbonyl (C=O) groups is 1. The first-order valence-corrected chi connectivity index (χ1v) is 8.29. The van der Waals surface area contributed by atoms with Crippen LogP contribution in [0.3, 0.4) is 0 Å². The number of amides is 1. The van der Waals surface area contributed by atoms with E-state index >= 15 is 0 Å². The van der Waals surface area contributed by atoms with Crippen LogP contribution in [0.4, 0.5) is 5.69 Å². The first kappa shape index (κ1) is 18.2. The van der Waals surface area contributed by atoms with Crippen molar-refractivity contribution >= 4 is 11.6 Å².